The number of nitrogens with one attached hydrogen (secondary N) is 1. The third kappa shape index (κ3) is 4.99. The summed E-state index contributed by atoms with van der Waals surface area (Å²) in [6.45, 7) is 7.33. The first-order valence-corrected chi connectivity index (χ1v) is 14.4. The lowest BCUT2D eigenvalue weighted by Gasteiger charge is -2.37. The Hall–Kier alpha value is -4.34. The van der Waals surface area contributed by atoms with Crippen LogP contribution in [0.1, 0.15) is 74.3 Å². The Labute approximate surface area is 242 Å². The standard InChI is InChI=1S/C32H33F2N5O3/c1-4-29(40)35-21-9-11-22(12-10-21)39-27-15-8-20(31-18(2)37-42-19(31)3)16-26(27)36-32(39)28-6-5-7-30(41)38(28)23-13-14-24(33)25(34)17-23/h4,8,13-17,21-22,28H,1,5-7,9-12H2,2-3H3,(H,35,40)/t21?,22?,28-/m0/s1. The van der Waals surface area contributed by atoms with Crippen molar-refractivity contribution in [3.05, 3.63) is 78.0 Å². The topological polar surface area (TPSA) is 93.3 Å². The van der Waals surface area contributed by atoms with Gasteiger partial charge in [-0.3, -0.25) is 9.59 Å². The number of aryl methyl sites for hydroxylation is 2. The maximum absolute atomic E-state index is 14.3. The molecule has 0 unspecified atom stereocenters. The van der Waals surface area contributed by atoms with Crippen LogP contribution in [0, 0.1) is 25.5 Å². The zero-order chi connectivity index (χ0) is 29.5. The van der Waals surface area contributed by atoms with Gasteiger partial charge >= 0.3 is 0 Å². The van der Waals surface area contributed by atoms with E-state index in [9.17, 15) is 18.4 Å². The summed E-state index contributed by atoms with van der Waals surface area (Å²) in [4.78, 5) is 32.0. The molecule has 1 atom stereocenters. The molecule has 0 bridgehead atoms. The first-order chi connectivity index (χ1) is 20.2. The van der Waals surface area contributed by atoms with Gasteiger partial charge < -0.3 is 19.3 Å². The number of anilines is 1. The molecule has 1 N–H and O–H groups in total. The molecular weight excluding hydrogens is 540 g/mol. The summed E-state index contributed by atoms with van der Waals surface area (Å²) in [5.74, 6) is -0.850. The Morgan fingerprint density at radius 2 is 1.86 bits per heavy atom. The van der Waals surface area contributed by atoms with Gasteiger partial charge in [-0.1, -0.05) is 17.8 Å². The molecule has 1 aliphatic heterocycles. The van der Waals surface area contributed by atoms with E-state index in [1.807, 2.05) is 32.0 Å². The van der Waals surface area contributed by atoms with Crippen LogP contribution in [0.25, 0.3) is 22.2 Å². The van der Waals surface area contributed by atoms with Crippen LogP contribution in [-0.4, -0.2) is 32.6 Å². The number of aromatic nitrogens is 3. The van der Waals surface area contributed by atoms with E-state index in [2.05, 4.69) is 21.6 Å². The smallest absolute Gasteiger partial charge is 0.243 e. The lowest BCUT2D eigenvalue weighted by molar-refractivity contribution is -0.120. The maximum Gasteiger partial charge on any atom is 0.243 e. The minimum Gasteiger partial charge on any atom is -0.361 e. The third-order valence-electron chi connectivity index (χ3n) is 8.56. The predicted molar refractivity (Wildman–Crippen MR) is 155 cm³/mol. The van der Waals surface area contributed by atoms with Crippen LogP contribution in [0.15, 0.2) is 53.6 Å². The quantitative estimate of drug-likeness (QED) is 0.261. The Morgan fingerprint density at radius 1 is 1.07 bits per heavy atom. The molecule has 0 spiro atoms. The van der Waals surface area contributed by atoms with E-state index in [1.165, 1.54) is 12.1 Å². The van der Waals surface area contributed by atoms with Crippen LogP contribution in [0.3, 0.4) is 0 Å². The highest BCUT2D eigenvalue weighted by Gasteiger charge is 2.37. The fourth-order valence-corrected chi connectivity index (χ4v) is 6.60. The van der Waals surface area contributed by atoms with Crippen LogP contribution in [0.4, 0.5) is 14.5 Å². The van der Waals surface area contributed by atoms with Gasteiger partial charge in [-0.25, -0.2) is 13.8 Å². The molecule has 1 saturated heterocycles. The molecule has 42 heavy (non-hydrogen) atoms. The third-order valence-corrected chi connectivity index (χ3v) is 8.56. The lowest BCUT2D eigenvalue weighted by Crippen LogP contribution is -2.41. The average Bonchev–Trinajstić information content (AvgIpc) is 3.53. The Morgan fingerprint density at radius 3 is 2.55 bits per heavy atom. The van der Waals surface area contributed by atoms with Crippen molar-refractivity contribution in [3.63, 3.8) is 0 Å². The number of piperidine rings is 1. The highest BCUT2D eigenvalue weighted by atomic mass is 19.2. The fourth-order valence-electron chi connectivity index (χ4n) is 6.60. The highest BCUT2D eigenvalue weighted by molar-refractivity contribution is 5.95. The second kappa shape index (κ2) is 11.2. The minimum absolute atomic E-state index is 0.0612. The van der Waals surface area contributed by atoms with E-state index in [-0.39, 0.29) is 23.9 Å². The summed E-state index contributed by atoms with van der Waals surface area (Å²) in [7, 11) is 0. The van der Waals surface area contributed by atoms with E-state index < -0.39 is 17.7 Å². The second-order valence-corrected chi connectivity index (χ2v) is 11.2. The number of hydrogen-bond acceptors (Lipinski definition) is 5. The molecule has 2 fully saturated rings. The first kappa shape index (κ1) is 27.8. The van der Waals surface area contributed by atoms with Crippen molar-refractivity contribution in [1.29, 1.82) is 0 Å². The molecule has 1 saturated carbocycles. The van der Waals surface area contributed by atoms with E-state index in [1.54, 1.807) is 4.90 Å². The van der Waals surface area contributed by atoms with Crippen LogP contribution < -0.4 is 10.2 Å². The van der Waals surface area contributed by atoms with E-state index >= 15 is 0 Å². The SMILES string of the molecule is C=CC(=O)NC1CCC(n2c([C@@H]3CCCC(=O)N3c3ccc(F)c(F)c3)nc3cc(-c4c(C)noc4C)ccc32)CC1. The van der Waals surface area contributed by atoms with Crippen LogP contribution in [-0.2, 0) is 9.59 Å². The number of carbonyl (C=O) groups excluding carboxylic acids is 2. The number of fused-ring (bicyclic) bond motifs is 1. The molecule has 6 rings (SSSR count). The van der Waals surface area contributed by atoms with Gasteiger partial charge in [0.2, 0.25) is 11.8 Å². The summed E-state index contributed by atoms with van der Waals surface area (Å²) in [6.07, 6.45) is 6.09. The van der Waals surface area contributed by atoms with Gasteiger partial charge in [0, 0.05) is 35.8 Å². The minimum atomic E-state index is -0.998. The van der Waals surface area contributed by atoms with Crippen molar-refractivity contribution < 1.29 is 22.9 Å². The van der Waals surface area contributed by atoms with Crippen molar-refractivity contribution in [2.45, 2.75) is 76.9 Å². The number of rotatable bonds is 6. The van der Waals surface area contributed by atoms with Gasteiger partial charge in [-0.05, 0) is 88.3 Å². The van der Waals surface area contributed by atoms with Gasteiger partial charge in [-0.15, -0.1) is 0 Å². The molecule has 8 nitrogen and oxygen atoms in total. The summed E-state index contributed by atoms with van der Waals surface area (Å²) < 4.78 is 35.8. The molecular formula is C32H33F2N5O3. The summed E-state index contributed by atoms with van der Waals surface area (Å²) >= 11 is 0. The van der Waals surface area contributed by atoms with Gasteiger partial charge in [0.25, 0.3) is 0 Å². The van der Waals surface area contributed by atoms with Crippen molar-refractivity contribution in [1.82, 2.24) is 20.0 Å². The summed E-state index contributed by atoms with van der Waals surface area (Å²) in [5, 5.41) is 7.11. The van der Waals surface area contributed by atoms with E-state index in [0.717, 1.165) is 71.5 Å². The van der Waals surface area contributed by atoms with Crippen LogP contribution in [0.5, 0.6) is 0 Å². The number of imidazole rings is 1. The first-order valence-electron chi connectivity index (χ1n) is 14.4. The van der Waals surface area contributed by atoms with E-state index in [0.29, 0.717) is 30.7 Å². The summed E-state index contributed by atoms with van der Waals surface area (Å²) in [6, 6.07) is 9.38. The van der Waals surface area contributed by atoms with Crippen LogP contribution in [0.2, 0.25) is 0 Å². The zero-order valence-electron chi connectivity index (χ0n) is 23.7. The molecule has 2 aliphatic rings. The van der Waals surface area contributed by atoms with Crippen molar-refractivity contribution in [2.24, 2.45) is 0 Å². The fraction of sp³-hybridized carbons (Fsp3) is 0.375. The van der Waals surface area contributed by atoms with Crippen molar-refractivity contribution >= 4 is 28.5 Å². The Bertz CT molecular complexity index is 1670. The molecule has 2 aromatic carbocycles. The number of amides is 2. The average molecular weight is 574 g/mol. The van der Waals surface area contributed by atoms with Crippen molar-refractivity contribution in [3.8, 4) is 11.1 Å². The predicted octanol–water partition coefficient (Wildman–Crippen LogP) is 6.63. The van der Waals surface area contributed by atoms with Gasteiger partial charge in [0.1, 0.15) is 11.6 Å². The highest BCUT2D eigenvalue weighted by Crippen LogP contribution is 2.42. The normalized spacial score (nSPS) is 21.1. The van der Waals surface area contributed by atoms with Crippen molar-refractivity contribution in [2.75, 3.05) is 4.90 Å². The molecule has 0 radical (unpaired) electrons. The summed E-state index contributed by atoms with van der Waals surface area (Å²) in [5.41, 5.74) is 4.66. The molecule has 4 aromatic rings. The molecule has 2 aromatic heterocycles. The molecule has 10 heteroatoms. The molecule has 1 aliphatic carbocycles. The van der Waals surface area contributed by atoms with Gasteiger partial charge in [0.15, 0.2) is 11.6 Å². The largest absolute Gasteiger partial charge is 0.361 e. The molecule has 218 valence electrons. The number of benzene rings is 2. The number of nitrogens with zero attached hydrogens (tertiary/aromatic N) is 4. The number of halogens is 2. The molecule has 2 amide bonds. The van der Waals surface area contributed by atoms with Crippen LogP contribution >= 0.6 is 0 Å². The molecule has 3 heterocycles. The number of hydrogen-bond donors (Lipinski definition) is 1. The lowest BCUT2D eigenvalue weighted by atomic mass is 9.90. The zero-order valence-corrected chi connectivity index (χ0v) is 23.7. The van der Waals surface area contributed by atoms with E-state index in [4.69, 9.17) is 9.51 Å². The van der Waals surface area contributed by atoms with Gasteiger partial charge in [-0.2, -0.15) is 0 Å². The Kier molecular flexibility index (Phi) is 7.38. The van der Waals surface area contributed by atoms with Gasteiger partial charge in [0.05, 0.1) is 22.8 Å². The number of carbonyl (C=O) groups is 2. The Balaban J connectivity index is 1.45. The monoisotopic (exact) mass is 573 g/mol. The maximum atomic E-state index is 14.3. The second-order valence-electron chi connectivity index (χ2n) is 11.2.